The van der Waals surface area contributed by atoms with Crippen molar-refractivity contribution in [2.24, 2.45) is 0 Å². The van der Waals surface area contributed by atoms with Crippen LogP contribution in [-0.2, 0) is 32.7 Å². The normalized spacial score (nSPS) is 10.4. The molecule has 0 aliphatic carbocycles. The molecule has 0 saturated carbocycles. The standard InChI is InChI=1S/C42H26N.3C2H6.Y/c1-3-14-31(15-4-1)43(32-16-5-2-6-17-32)42-37-20-9-7-18-33(37)41(34-19-8-10-21-38(34)42)36-27-25-30-23-22-28-12-11-13-29-24-26-35(36)40(30)39(28)29;3*1-2;/h1-10,12-27H;3*1-2H3;/q-1;;;;. The van der Waals surface area contributed by atoms with Gasteiger partial charge in [-0.25, -0.2) is 0 Å². The Morgan fingerprint density at radius 2 is 0.800 bits per heavy atom. The first kappa shape index (κ1) is 36.7. The molecule has 1 radical (unpaired) electrons. The summed E-state index contributed by atoms with van der Waals surface area (Å²) in [4.78, 5) is 2.41. The van der Waals surface area contributed by atoms with E-state index in [1.807, 2.05) is 41.5 Å². The minimum atomic E-state index is 0. The van der Waals surface area contributed by atoms with E-state index in [2.05, 4.69) is 169 Å². The van der Waals surface area contributed by atoms with Crippen molar-refractivity contribution in [3.05, 3.63) is 164 Å². The summed E-state index contributed by atoms with van der Waals surface area (Å²) in [6.45, 7) is 12.0. The predicted molar refractivity (Wildman–Crippen MR) is 218 cm³/mol. The predicted octanol–water partition coefficient (Wildman–Crippen LogP) is 14.9. The average molecular weight is 724 g/mol. The molecule has 0 heterocycles. The fraction of sp³-hybridized carbons (Fsp3) is 0.125. The van der Waals surface area contributed by atoms with E-state index < -0.39 is 0 Å². The number of hydrogen-bond donors (Lipinski definition) is 0. The van der Waals surface area contributed by atoms with E-state index in [0.29, 0.717) is 0 Å². The van der Waals surface area contributed by atoms with Crippen molar-refractivity contribution >= 4 is 70.9 Å². The van der Waals surface area contributed by atoms with Crippen molar-refractivity contribution < 1.29 is 32.7 Å². The maximum Gasteiger partial charge on any atom is 0.0618 e. The molecule has 9 aromatic rings. The van der Waals surface area contributed by atoms with Gasteiger partial charge in [0.25, 0.3) is 0 Å². The summed E-state index contributed by atoms with van der Waals surface area (Å²) in [5.74, 6) is 0. The van der Waals surface area contributed by atoms with E-state index in [9.17, 15) is 0 Å². The molecule has 0 bridgehead atoms. The molecule has 0 saturated heterocycles. The molecule has 0 aromatic heterocycles. The Balaban J connectivity index is 0.000000661. The summed E-state index contributed by atoms with van der Waals surface area (Å²) in [7, 11) is 0. The number of fused-ring (bicyclic) bond motifs is 2. The largest absolute Gasteiger partial charge is 0.309 e. The van der Waals surface area contributed by atoms with Crippen LogP contribution >= 0.6 is 0 Å². The molecule has 245 valence electrons. The molecule has 50 heavy (non-hydrogen) atoms. The van der Waals surface area contributed by atoms with Crippen molar-refractivity contribution in [1.82, 2.24) is 0 Å². The average Bonchev–Trinajstić information content (AvgIpc) is 3.20. The van der Waals surface area contributed by atoms with Gasteiger partial charge in [-0.1, -0.05) is 151 Å². The number of hydrogen-bond acceptors (Lipinski definition) is 1. The van der Waals surface area contributed by atoms with Crippen LogP contribution in [0, 0.1) is 6.07 Å². The van der Waals surface area contributed by atoms with Gasteiger partial charge in [-0.3, -0.25) is 0 Å². The molecular formula is C48H44NY-. The van der Waals surface area contributed by atoms with Gasteiger partial charge in [0.05, 0.1) is 5.69 Å². The van der Waals surface area contributed by atoms with E-state index in [1.54, 1.807) is 0 Å². The number of nitrogens with zero attached hydrogens (tertiary/aromatic N) is 1. The van der Waals surface area contributed by atoms with Gasteiger partial charge in [0.1, 0.15) is 0 Å². The van der Waals surface area contributed by atoms with Crippen molar-refractivity contribution in [2.45, 2.75) is 41.5 Å². The first-order valence-corrected chi connectivity index (χ1v) is 17.8. The van der Waals surface area contributed by atoms with Crippen molar-refractivity contribution in [2.75, 3.05) is 4.90 Å². The van der Waals surface area contributed by atoms with E-state index >= 15 is 0 Å². The maximum absolute atomic E-state index is 3.33. The molecule has 0 fully saturated rings. The molecule has 0 atom stereocenters. The Labute approximate surface area is 322 Å². The quantitative estimate of drug-likeness (QED) is 0.0993. The Hall–Kier alpha value is -4.56. The molecule has 0 spiro atoms. The first-order chi connectivity index (χ1) is 24.4. The summed E-state index contributed by atoms with van der Waals surface area (Å²) >= 11 is 0. The fourth-order valence-corrected chi connectivity index (χ4v) is 7.08. The van der Waals surface area contributed by atoms with E-state index in [1.165, 1.54) is 70.7 Å². The van der Waals surface area contributed by atoms with Crippen LogP contribution < -0.4 is 4.90 Å². The van der Waals surface area contributed by atoms with Gasteiger partial charge in [0.2, 0.25) is 0 Å². The summed E-state index contributed by atoms with van der Waals surface area (Å²) in [5.41, 5.74) is 6.01. The first-order valence-electron chi connectivity index (χ1n) is 17.8. The number of anilines is 3. The van der Waals surface area contributed by atoms with E-state index in [0.717, 1.165) is 11.4 Å². The van der Waals surface area contributed by atoms with Crippen LogP contribution in [-0.4, -0.2) is 0 Å². The molecule has 0 N–H and O–H groups in total. The van der Waals surface area contributed by atoms with Crippen LogP contribution in [0.25, 0.3) is 65.0 Å². The maximum atomic E-state index is 3.33. The zero-order chi connectivity index (χ0) is 34.3. The third kappa shape index (κ3) is 6.42. The SMILES string of the molecule is CC.CC.CC.[Y].[c-]1cc2ccc3ccc(-c4c5ccccc5c(N(c5ccccc5)c5ccccc5)c5ccccc45)c4ccc(c1)c2c34. The second kappa shape index (κ2) is 16.9. The Morgan fingerprint density at radius 1 is 0.380 bits per heavy atom. The topological polar surface area (TPSA) is 3.24 Å². The van der Waals surface area contributed by atoms with Crippen LogP contribution in [0.2, 0.25) is 0 Å². The van der Waals surface area contributed by atoms with Crippen LogP contribution in [0.5, 0.6) is 0 Å². The Kier molecular flexibility index (Phi) is 12.4. The zero-order valence-electron chi connectivity index (χ0n) is 30.0. The van der Waals surface area contributed by atoms with Crippen molar-refractivity contribution in [3.8, 4) is 11.1 Å². The van der Waals surface area contributed by atoms with Crippen molar-refractivity contribution in [1.29, 1.82) is 0 Å². The van der Waals surface area contributed by atoms with Crippen LogP contribution in [0.3, 0.4) is 0 Å². The van der Waals surface area contributed by atoms with Gasteiger partial charge >= 0.3 is 0 Å². The molecule has 2 heteroatoms. The number of benzene rings is 9. The summed E-state index contributed by atoms with van der Waals surface area (Å²) < 4.78 is 0. The third-order valence-electron chi connectivity index (χ3n) is 8.88. The second-order valence-electron chi connectivity index (χ2n) is 11.2. The van der Waals surface area contributed by atoms with Crippen LogP contribution in [0.15, 0.2) is 158 Å². The van der Waals surface area contributed by atoms with E-state index in [4.69, 9.17) is 0 Å². The van der Waals surface area contributed by atoms with Gasteiger partial charge in [0, 0.05) is 54.9 Å². The summed E-state index contributed by atoms with van der Waals surface area (Å²) in [5, 5.41) is 12.6. The minimum absolute atomic E-state index is 0. The monoisotopic (exact) mass is 723 g/mol. The molecule has 9 aromatic carbocycles. The smallest absolute Gasteiger partial charge is 0.0618 e. The van der Waals surface area contributed by atoms with E-state index in [-0.39, 0.29) is 32.7 Å². The van der Waals surface area contributed by atoms with Crippen molar-refractivity contribution in [3.63, 3.8) is 0 Å². The molecular weight excluding hydrogens is 679 g/mol. The Bertz CT molecular complexity index is 2340. The van der Waals surface area contributed by atoms with Gasteiger partial charge in [0.15, 0.2) is 0 Å². The molecule has 9 rings (SSSR count). The summed E-state index contributed by atoms with van der Waals surface area (Å²) in [6, 6.07) is 60.5. The van der Waals surface area contributed by atoms with Crippen LogP contribution in [0.4, 0.5) is 17.1 Å². The van der Waals surface area contributed by atoms with Gasteiger partial charge in [-0.2, -0.15) is 18.2 Å². The fourth-order valence-electron chi connectivity index (χ4n) is 7.08. The molecule has 0 aliphatic rings. The van der Waals surface area contributed by atoms with Gasteiger partial charge < -0.3 is 4.90 Å². The van der Waals surface area contributed by atoms with Gasteiger partial charge in [-0.15, -0.1) is 28.3 Å². The zero-order valence-corrected chi connectivity index (χ0v) is 32.9. The summed E-state index contributed by atoms with van der Waals surface area (Å²) in [6.07, 6.45) is 0. The Morgan fingerprint density at radius 3 is 1.32 bits per heavy atom. The minimum Gasteiger partial charge on any atom is -0.309 e. The van der Waals surface area contributed by atoms with Crippen LogP contribution in [0.1, 0.15) is 41.5 Å². The molecule has 0 aliphatic heterocycles. The molecule has 0 amide bonds. The number of rotatable bonds is 4. The second-order valence-corrected chi connectivity index (χ2v) is 11.2. The third-order valence-corrected chi connectivity index (χ3v) is 8.88. The molecule has 0 unspecified atom stereocenters. The van der Waals surface area contributed by atoms with Gasteiger partial charge in [-0.05, 0) is 62.3 Å². The molecule has 1 nitrogen and oxygen atoms in total. The number of para-hydroxylation sites is 2.